The number of likely N-dealkylation sites (tertiary alicyclic amines) is 3. The Kier molecular flexibility index (Phi) is 24.0. The zero-order chi connectivity index (χ0) is 74.8. The van der Waals surface area contributed by atoms with Crippen molar-refractivity contribution >= 4 is 126 Å². The summed E-state index contributed by atoms with van der Waals surface area (Å²) in [7, 11) is 0. The number of benzene rings is 3. The summed E-state index contributed by atoms with van der Waals surface area (Å²) in [6, 6.07) is 21.7. The predicted octanol–water partition coefficient (Wildman–Crippen LogP) is 11.9. The van der Waals surface area contributed by atoms with Crippen LogP contribution in [-0.2, 0) is 4.79 Å². The summed E-state index contributed by atoms with van der Waals surface area (Å²) < 4.78 is 5.17. The summed E-state index contributed by atoms with van der Waals surface area (Å²) >= 11 is 37.6. The van der Waals surface area contributed by atoms with Crippen LogP contribution in [0.3, 0.4) is 0 Å². The molecular formula is C75H86Cl6N22O3. The molecular weight excluding hydrogens is 1470 g/mol. The van der Waals surface area contributed by atoms with Crippen LogP contribution in [-0.4, -0.2) is 200 Å². The molecule has 6 aliphatic rings. The molecule has 9 aromatic rings. The Morgan fingerprint density at radius 1 is 0.472 bits per heavy atom. The maximum atomic E-state index is 11.2. The summed E-state index contributed by atoms with van der Waals surface area (Å²) in [5.74, 6) is 5.79. The average Bonchev–Trinajstić information content (AvgIpc) is 1.58. The maximum absolute atomic E-state index is 11.2. The minimum atomic E-state index is -0.290. The maximum Gasteiger partial charge on any atom is 0.218 e. The van der Waals surface area contributed by atoms with Crippen LogP contribution in [0.4, 0.5) is 17.5 Å². The summed E-state index contributed by atoms with van der Waals surface area (Å²) in [5, 5.41) is 65.2. The fourth-order valence-corrected chi connectivity index (χ4v) is 17.8. The average molecular weight is 1560 g/mol. The first-order valence-corrected chi connectivity index (χ1v) is 38.7. The van der Waals surface area contributed by atoms with E-state index in [-0.39, 0.29) is 53.3 Å². The summed E-state index contributed by atoms with van der Waals surface area (Å²) in [6.45, 7) is 23.7. The van der Waals surface area contributed by atoms with Gasteiger partial charge in [0, 0.05) is 115 Å². The number of aliphatic hydroxyl groups excluding tert-OH is 2. The Balaban J connectivity index is 0.000000141. The van der Waals surface area contributed by atoms with Gasteiger partial charge in [-0.25, -0.2) is 43.9 Å². The second-order valence-corrected chi connectivity index (χ2v) is 31.9. The van der Waals surface area contributed by atoms with E-state index in [4.69, 9.17) is 90.3 Å². The molecule has 0 unspecified atom stereocenters. The van der Waals surface area contributed by atoms with Crippen LogP contribution in [0, 0.1) is 69.5 Å². The lowest BCUT2D eigenvalue weighted by atomic mass is 9.80. The Bertz CT molecular complexity index is 4610. The van der Waals surface area contributed by atoms with Crippen molar-refractivity contribution in [3.05, 3.63) is 137 Å². The van der Waals surface area contributed by atoms with Gasteiger partial charge in [0.2, 0.25) is 5.91 Å². The van der Waals surface area contributed by atoms with Crippen molar-refractivity contribution in [3.63, 3.8) is 0 Å². The summed E-state index contributed by atoms with van der Waals surface area (Å²) in [5.41, 5.74) is 11.8. The van der Waals surface area contributed by atoms with E-state index in [9.17, 15) is 30.8 Å². The lowest BCUT2D eigenvalue weighted by Crippen LogP contribution is -2.54. The van der Waals surface area contributed by atoms with Crippen LogP contribution >= 0.6 is 69.6 Å². The molecule has 556 valence electrons. The highest BCUT2D eigenvalue weighted by molar-refractivity contribution is 6.36. The van der Waals surface area contributed by atoms with Gasteiger partial charge in [-0.1, -0.05) is 87.8 Å². The SMILES string of the molecule is C[C@H](O)CN1CCC[C@@H](C2CN(c3cnc4c(C#N)nn([C@H](C)c5ccc(Cl)cc5Cl)c4n3)C2)C1.C[C@H](O)CN1CCC[C@H](C2CN(c3cnc4c(C#N)nn([C@H](C)c5ccc(Cl)cc5Cl)c4n3)C2)C1.C[C@H](c1ccc(Cl)cc1Cl)n1nc(C#N)c2ncc(N3CC([C@H]4CCCN(CCC(N)=O)C4)C3)nc21. The van der Waals surface area contributed by atoms with E-state index in [1.807, 2.05) is 52.8 Å². The van der Waals surface area contributed by atoms with E-state index in [0.717, 1.165) is 139 Å². The van der Waals surface area contributed by atoms with Crippen LogP contribution in [0.25, 0.3) is 33.5 Å². The number of amides is 1. The molecule has 6 saturated heterocycles. The van der Waals surface area contributed by atoms with E-state index in [2.05, 4.69) is 77.9 Å². The van der Waals surface area contributed by atoms with Crippen molar-refractivity contribution < 1.29 is 15.0 Å². The van der Waals surface area contributed by atoms with Crippen LogP contribution in [0.15, 0.2) is 73.2 Å². The molecule has 0 spiro atoms. The van der Waals surface area contributed by atoms with Gasteiger partial charge < -0.3 is 45.3 Å². The number of aromatic nitrogens is 12. The van der Waals surface area contributed by atoms with Gasteiger partial charge in [-0.05, 0) is 181 Å². The van der Waals surface area contributed by atoms with Crippen LogP contribution in [0.2, 0.25) is 30.1 Å². The van der Waals surface area contributed by atoms with Crippen molar-refractivity contribution in [2.75, 3.05) is 113 Å². The van der Waals surface area contributed by atoms with Gasteiger partial charge in [-0.15, -0.1) is 0 Å². The van der Waals surface area contributed by atoms with Crippen LogP contribution < -0.4 is 20.4 Å². The topological polar surface area (TPSA) is 305 Å². The first-order valence-electron chi connectivity index (χ1n) is 36.4. The van der Waals surface area contributed by atoms with Crippen molar-refractivity contribution in [3.8, 4) is 18.2 Å². The highest BCUT2D eigenvalue weighted by atomic mass is 35.5. The summed E-state index contributed by atoms with van der Waals surface area (Å²) in [6.07, 6.45) is 12.2. The lowest BCUT2D eigenvalue weighted by Gasteiger charge is -2.47. The monoisotopic (exact) mass is 1550 g/mol. The van der Waals surface area contributed by atoms with Gasteiger partial charge in [-0.2, -0.15) is 31.1 Å². The second-order valence-electron chi connectivity index (χ2n) is 29.4. The number of hydrogen-bond acceptors (Lipinski definition) is 21. The number of nitrogens with zero attached hydrogens (tertiary/aromatic N) is 21. The molecule has 1 amide bonds. The Morgan fingerprint density at radius 3 is 1.06 bits per heavy atom. The largest absolute Gasteiger partial charge is 0.392 e. The predicted molar refractivity (Wildman–Crippen MR) is 413 cm³/mol. The van der Waals surface area contributed by atoms with Gasteiger partial charge in [0.1, 0.15) is 52.2 Å². The minimum Gasteiger partial charge on any atom is -0.392 e. The van der Waals surface area contributed by atoms with Crippen LogP contribution in [0.5, 0.6) is 0 Å². The molecule has 3 aromatic carbocycles. The third-order valence-electron chi connectivity index (χ3n) is 21.9. The number of anilines is 3. The number of carbonyl (C=O) groups is 1. The number of nitriles is 3. The lowest BCUT2D eigenvalue weighted by molar-refractivity contribution is -0.118. The molecule has 106 heavy (non-hydrogen) atoms. The smallest absolute Gasteiger partial charge is 0.218 e. The molecule has 25 nitrogen and oxygen atoms in total. The van der Waals surface area contributed by atoms with Gasteiger partial charge in [0.15, 0.2) is 34.0 Å². The third-order valence-corrected chi connectivity index (χ3v) is 23.6. The van der Waals surface area contributed by atoms with Crippen molar-refractivity contribution in [2.24, 2.45) is 41.2 Å². The van der Waals surface area contributed by atoms with Gasteiger partial charge in [0.25, 0.3) is 0 Å². The number of nitrogens with two attached hydrogens (primary N) is 1. The molecule has 6 fully saturated rings. The number of rotatable bonds is 19. The number of β-amino-alcohol motifs (C(OH)–C–C–N with tert-alkyl or cyclic N) is 2. The molecule has 0 saturated carbocycles. The number of aliphatic hydroxyl groups is 2. The molecule has 6 aliphatic heterocycles. The van der Waals surface area contributed by atoms with Crippen molar-refractivity contribution in [1.82, 2.24) is 73.9 Å². The number of carbonyl (C=O) groups excluding carboxylic acids is 1. The van der Waals surface area contributed by atoms with Crippen molar-refractivity contribution in [2.45, 2.75) is 110 Å². The molecule has 15 rings (SSSR count). The molecule has 0 bridgehead atoms. The number of piperidine rings is 3. The first kappa shape index (κ1) is 76.4. The Hall–Kier alpha value is -7.81. The summed E-state index contributed by atoms with van der Waals surface area (Å²) in [4.78, 5) is 53.4. The fraction of sp³-hybridized carbons (Fsp3) is 0.507. The number of hydrogen-bond donors (Lipinski definition) is 3. The Labute approximate surface area is 646 Å². The van der Waals surface area contributed by atoms with Gasteiger partial charge in [-0.3, -0.25) is 4.79 Å². The van der Waals surface area contributed by atoms with Crippen molar-refractivity contribution in [1.29, 1.82) is 15.8 Å². The van der Waals surface area contributed by atoms with Crippen LogP contribution in [0.1, 0.15) is 131 Å². The molecule has 12 heterocycles. The Morgan fingerprint density at radius 2 is 0.774 bits per heavy atom. The molecule has 31 heteroatoms. The molecule has 0 radical (unpaired) electrons. The highest BCUT2D eigenvalue weighted by Crippen LogP contribution is 2.40. The number of fused-ring (bicyclic) bond motifs is 3. The van der Waals surface area contributed by atoms with Gasteiger partial charge >= 0.3 is 0 Å². The molecule has 4 N–H and O–H groups in total. The third kappa shape index (κ3) is 16.9. The molecule has 0 aliphatic carbocycles. The molecule has 8 atom stereocenters. The van der Waals surface area contributed by atoms with Gasteiger partial charge in [0.05, 0.1) is 48.9 Å². The van der Waals surface area contributed by atoms with E-state index >= 15 is 0 Å². The fourth-order valence-electron chi connectivity index (χ4n) is 16.1. The zero-order valence-electron chi connectivity index (χ0n) is 59.9. The highest BCUT2D eigenvalue weighted by Gasteiger charge is 2.41. The van der Waals surface area contributed by atoms with E-state index in [1.54, 1.807) is 69.0 Å². The number of primary amides is 1. The number of halogens is 6. The first-order chi connectivity index (χ1) is 51.0. The standard InChI is InChI=1S/C25H28Cl2N8O.2C25H29Cl2N7O/c1-15(19-5-4-18(26)9-20(19)27)35-25-24(21(10-28)32-35)30-11-23(31-25)34-13-17(14-34)16-3-2-7-33(12-16)8-6-22(29)36;2*1-15(35)11-32-7-3-4-17(12-32)18-13-33(14-18)23-10-29-24-22(9-28)31-34(25(24)30-23)16(2)20-6-5-19(26)8-21(20)27/h4-5,9,11,15-17H,2-3,6-8,12-14H2,1H3,(H2,29,36);2*5-6,8,10,15-18,35H,3-4,7,11-14H2,1-2H3/t15-,16+;15-,16+,17+;15-,16+,17-/m100/s1. The normalized spacial score (nSPS) is 20.6. The molecule has 6 aromatic heterocycles. The zero-order valence-corrected chi connectivity index (χ0v) is 64.4. The second kappa shape index (κ2) is 33.4. The quantitative estimate of drug-likeness (QED) is 0.0677. The van der Waals surface area contributed by atoms with E-state index in [0.29, 0.717) is 106 Å². The van der Waals surface area contributed by atoms with E-state index in [1.165, 1.54) is 32.1 Å². The minimum absolute atomic E-state index is 0.237. The van der Waals surface area contributed by atoms with E-state index < -0.39 is 0 Å².